The topological polar surface area (TPSA) is 101 Å². The van der Waals surface area contributed by atoms with Gasteiger partial charge in [-0.1, -0.05) is 23.5 Å². The van der Waals surface area contributed by atoms with Crippen molar-refractivity contribution in [2.24, 2.45) is 0 Å². The number of hydrogen-bond donors (Lipinski definition) is 2. The van der Waals surface area contributed by atoms with Crippen molar-refractivity contribution in [3.05, 3.63) is 65.4 Å². The molecule has 2 aromatic carbocycles. The third-order valence-corrected chi connectivity index (χ3v) is 6.68. The Morgan fingerprint density at radius 2 is 1.75 bits per heavy atom. The smallest absolute Gasteiger partial charge is 0.263 e. The Morgan fingerprint density at radius 1 is 1.07 bits per heavy atom. The number of carbonyl (C=O) groups is 1. The van der Waals surface area contributed by atoms with Gasteiger partial charge in [0.25, 0.3) is 10.0 Å². The molecule has 1 saturated carbocycles. The highest BCUT2D eigenvalue weighted by atomic mass is 32.2. The molecular formula is C18H15FN4O3S2. The van der Waals surface area contributed by atoms with Crippen LogP contribution < -0.4 is 10.0 Å². The fourth-order valence-electron chi connectivity index (χ4n) is 2.90. The van der Waals surface area contributed by atoms with Crippen molar-refractivity contribution >= 4 is 38.1 Å². The van der Waals surface area contributed by atoms with Gasteiger partial charge in [-0.05, 0) is 54.8 Å². The normalized spacial score (nSPS) is 15.0. The summed E-state index contributed by atoms with van der Waals surface area (Å²) < 4.78 is 40.1. The van der Waals surface area contributed by atoms with Gasteiger partial charge in [0.2, 0.25) is 11.0 Å². The van der Waals surface area contributed by atoms with E-state index >= 15 is 0 Å². The summed E-state index contributed by atoms with van der Waals surface area (Å²) in [5.74, 6) is -0.541. The molecule has 0 unspecified atom stereocenters. The number of sulfonamides is 1. The molecule has 144 valence electrons. The molecule has 1 heterocycles. The van der Waals surface area contributed by atoms with Gasteiger partial charge in [-0.15, -0.1) is 10.2 Å². The Labute approximate surface area is 164 Å². The third kappa shape index (κ3) is 3.60. The quantitative estimate of drug-likeness (QED) is 0.640. The lowest BCUT2D eigenvalue weighted by Gasteiger charge is -2.16. The summed E-state index contributed by atoms with van der Waals surface area (Å²) in [5.41, 5.74) is 2.02. The fourth-order valence-corrected chi connectivity index (χ4v) is 4.59. The van der Waals surface area contributed by atoms with Crippen LogP contribution in [0, 0.1) is 5.82 Å². The van der Waals surface area contributed by atoms with Crippen molar-refractivity contribution in [3.8, 4) is 0 Å². The van der Waals surface area contributed by atoms with Crippen molar-refractivity contribution in [3.63, 3.8) is 0 Å². The number of rotatable bonds is 6. The van der Waals surface area contributed by atoms with E-state index < -0.39 is 15.4 Å². The van der Waals surface area contributed by atoms with E-state index in [0.29, 0.717) is 18.5 Å². The average Bonchev–Trinajstić information content (AvgIpc) is 3.34. The maximum absolute atomic E-state index is 13.1. The molecule has 3 aromatic rings. The molecule has 28 heavy (non-hydrogen) atoms. The van der Waals surface area contributed by atoms with Gasteiger partial charge in [-0.25, -0.2) is 12.8 Å². The minimum absolute atomic E-state index is 0.0420. The maximum Gasteiger partial charge on any atom is 0.263 e. The van der Waals surface area contributed by atoms with E-state index in [1.807, 2.05) is 0 Å². The number of nitrogens with zero attached hydrogens (tertiary/aromatic N) is 2. The number of benzene rings is 2. The highest BCUT2D eigenvalue weighted by molar-refractivity contribution is 7.93. The molecule has 0 aliphatic heterocycles. The van der Waals surface area contributed by atoms with Crippen LogP contribution in [-0.2, 0) is 20.2 Å². The number of nitrogens with one attached hydrogen (secondary N) is 2. The molecule has 1 amide bonds. The molecule has 0 bridgehead atoms. The summed E-state index contributed by atoms with van der Waals surface area (Å²) >= 11 is 1.07. The number of hydrogen-bond acceptors (Lipinski definition) is 6. The molecule has 0 saturated heterocycles. The first kappa shape index (κ1) is 18.5. The number of aromatic nitrogens is 2. The first-order valence-corrected chi connectivity index (χ1v) is 10.7. The monoisotopic (exact) mass is 418 g/mol. The zero-order valence-corrected chi connectivity index (χ0v) is 16.1. The highest BCUT2D eigenvalue weighted by Gasteiger charge is 2.51. The van der Waals surface area contributed by atoms with Gasteiger partial charge < -0.3 is 5.32 Å². The number of halogens is 1. The van der Waals surface area contributed by atoms with Crippen molar-refractivity contribution in [1.29, 1.82) is 0 Å². The van der Waals surface area contributed by atoms with Crippen molar-refractivity contribution in [2.75, 3.05) is 10.0 Å². The number of amides is 1. The second kappa shape index (κ2) is 6.95. The summed E-state index contributed by atoms with van der Waals surface area (Å²) in [4.78, 5) is 12.8. The molecule has 1 aromatic heterocycles. The Bertz CT molecular complexity index is 1090. The van der Waals surface area contributed by atoms with Crippen LogP contribution in [0.4, 0.5) is 15.2 Å². The Kier molecular flexibility index (Phi) is 4.60. The van der Waals surface area contributed by atoms with E-state index in [4.69, 9.17) is 0 Å². The zero-order valence-electron chi connectivity index (χ0n) is 14.4. The summed E-state index contributed by atoms with van der Waals surface area (Å²) in [5, 5.41) is 10.2. The van der Waals surface area contributed by atoms with Crippen molar-refractivity contribution in [2.45, 2.75) is 23.2 Å². The number of carbonyl (C=O) groups excluding carboxylic acids is 1. The molecule has 0 spiro atoms. The van der Waals surface area contributed by atoms with Crippen molar-refractivity contribution < 1.29 is 17.6 Å². The third-order valence-electron chi connectivity index (χ3n) is 4.59. The Balaban J connectivity index is 1.47. The summed E-state index contributed by atoms with van der Waals surface area (Å²) in [6, 6.07) is 11.8. The van der Waals surface area contributed by atoms with E-state index in [1.165, 1.54) is 41.9 Å². The predicted molar refractivity (Wildman–Crippen MR) is 103 cm³/mol. The first-order chi connectivity index (χ1) is 13.4. The largest absolute Gasteiger partial charge is 0.325 e. The maximum atomic E-state index is 13.1. The molecule has 10 heteroatoms. The predicted octanol–water partition coefficient (Wildman–Crippen LogP) is 3.15. The zero-order chi connectivity index (χ0) is 19.8. The molecule has 1 aliphatic carbocycles. The molecule has 0 atom stereocenters. The van der Waals surface area contributed by atoms with Crippen LogP contribution >= 0.6 is 11.3 Å². The van der Waals surface area contributed by atoms with Crippen molar-refractivity contribution in [1.82, 2.24) is 10.2 Å². The van der Waals surface area contributed by atoms with Crippen LogP contribution in [0.5, 0.6) is 0 Å². The molecular weight excluding hydrogens is 403 g/mol. The standard InChI is InChI=1S/C18H15FN4O3S2/c19-13-3-1-12(2-4-13)18(9-10-18)16(24)21-14-5-7-15(8-6-14)28(25,26)23-17-22-20-11-27-17/h1-8,11H,9-10H2,(H,21,24)(H,22,23). The van der Waals surface area contributed by atoms with Crippen LogP contribution in [0.3, 0.4) is 0 Å². The minimum atomic E-state index is -3.78. The first-order valence-electron chi connectivity index (χ1n) is 8.36. The SMILES string of the molecule is O=C(Nc1ccc(S(=O)(=O)Nc2nncs2)cc1)C1(c2ccc(F)cc2)CC1. The van der Waals surface area contributed by atoms with Crippen LogP contribution in [0.15, 0.2) is 58.9 Å². The summed E-state index contributed by atoms with van der Waals surface area (Å²) in [6.45, 7) is 0. The second-order valence-electron chi connectivity index (χ2n) is 6.42. The molecule has 1 aliphatic rings. The van der Waals surface area contributed by atoms with Gasteiger partial charge in [-0.2, -0.15) is 0 Å². The summed E-state index contributed by atoms with van der Waals surface area (Å²) in [6.07, 6.45) is 1.37. The number of anilines is 2. The highest BCUT2D eigenvalue weighted by Crippen LogP contribution is 2.49. The van der Waals surface area contributed by atoms with Gasteiger partial charge in [0.15, 0.2) is 0 Å². The molecule has 7 nitrogen and oxygen atoms in total. The molecule has 1 fully saturated rings. The van der Waals surface area contributed by atoms with Crippen LogP contribution in [-0.4, -0.2) is 24.5 Å². The van der Waals surface area contributed by atoms with Gasteiger partial charge in [0, 0.05) is 5.69 Å². The van der Waals surface area contributed by atoms with E-state index in [0.717, 1.165) is 16.9 Å². The Morgan fingerprint density at radius 3 is 2.32 bits per heavy atom. The minimum Gasteiger partial charge on any atom is -0.325 e. The fraction of sp³-hybridized carbons (Fsp3) is 0.167. The average molecular weight is 418 g/mol. The van der Waals surface area contributed by atoms with E-state index in [2.05, 4.69) is 20.2 Å². The lowest BCUT2D eigenvalue weighted by Crippen LogP contribution is -2.27. The lowest BCUT2D eigenvalue weighted by atomic mass is 9.95. The van der Waals surface area contributed by atoms with E-state index in [1.54, 1.807) is 12.1 Å². The van der Waals surface area contributed by atoms with Gasteiger partial charge >= 0.3 is 0 Å². The second-order valence-corrected chi connectivity index (χ2v) is 8.93. The molecule has 2 N–H and O–H groups in total. The molecule has 0 radical (unpaired) electrons. The Hall–Kier alpha value is -2.85. The van der Waals surface area contributed by atoms with E-state index in [-0.39, 0.29) is 21.8 Å². The lowest BCUT2D eigenvalue weighted by molar-refractivity contribution is -0.118. The van der Waals surface area contributed by atoms with Crippen LogP contribution in [0.1, 0.15) is 18.4 Å². The van der Waals surface area contributed by atoms with Gasteiger partial charge in [0.05, 0.1) is 10.3 Å². The van der Waals surface area contributed by atoms with Gasteiger partial charge in [-0.3, -0.25) is 9.52 Å². The van der Waals surface area contributed by atoms with Crippen LogP contribution in [0.2, 0.25) is 0 Å². The molecule has 4 rings (SSSR count). The van der Waals surface area contributed by atoms with Gasteiger partial charge in [0.1, 0.15) is 11.3 Å². The van der Waals surface area contributed by atoms with E-state index in [9.17, 15) is 17.6 Å². The summed E-state index contributed by atoms with van der Waals surface area (Å²) in [7, 11) is -3.78. The van der Waals surface area contributed by atoms with Crippen LogP contribution in [0.25, 0.3) is 0 Å².